The maximum atomic E-state index is 11.4. The van der Waals surface area contributed by atoms with Crippen LogP contribution in [0.4, 0.5) is 5.69 Å². The van der Waals surface area contributed by atoms with Gasteiger partial charge in [0.2, 0.25) is 0 Å². The number of hydrogen-bond acceptors (Lipinski definition) is 5. The molecule has 0 amide bonds. The molecule has 0 aromatic heterocycles. The van der Waals surface area contributed by atoms with Crippen molar-refractivity contribution in [1.82, 2.24) is 0 Å². The normalized spacial score (nSPS) is 11.1. The van der Waals surface area contributed by atoms with E-state index in [4.69, 9.17) is 14.2 Å². The van der Waals surface area contributed by atoms with E-state index in [1.165, 1.54) is 0 Å². The van der Waals surface area contributed by atoms with Crippen molar-refractivity contribution in [3.05, 3.63) is 18.2 Å². The summed E-state index contributed by atoms with van der Waals surface area (Å²) in [6.45, 7) is 3.92. The Bertz CT molecular complexity index is 469. The number of benzene rings is 1. The highest BCUT2D eigenvalue weighted by molar-refractivity contribution is 5.99. The van der Waals surface area contributed by atoms with E-state index < -0.39 is 0 Å². The fourth-order valence-electron chi connectivity index (χ4n) is 1.55. The summed E-state index contributed by atoms with van der Waals surface area (Å²) in [5.41, 5.74) is 1.29. The average molecular weight is 265 g/mol. The largest absolute Gasteiger partial charge is 0.497 e. The highest BCUT2D eigenvalue weighted by atomic mass is 16.5. The molecule has 0 atom stereocenters. The number of hydrogen-bond donors (Lipinski definition) is 0. The van der Waals surface area contributed by atoms with Crippen LogP contribution in [0.3, 0.4) is 0 Å². The minimum absolute atomic E-state index is 0.161. The van der Waals surface area contributed by atoms with Crippen LogP contribution in [0.15, 0.2) is 23.2 Å². The lowest BCUT2D eigenvalue weighted by Crippen LogP contribution is -2.08. The average Bonchev–Trinajstić information content (AvgIpc) is 2.38. The first-order chi connectivity index (χ1) is 9.10. The Labute approximate surface area is 113 Å². The Balaban J connectivity index is 2.91. The van der Waals surface area contributed by atoms with E-state index in [2.05, 4.69) is 4.99 Å². The van der Waals surface area contributed by atoms with Crippen LogP contribution in [0.5, 0.6) is 11.5 Å². The number of carbonyl (C=O) groups is 1. The summed E-state index contributed by atoms with van der Waals surface area (Å²) in [5.74, 6) is 1.03. The molecule has 0 radical (unpaired) electrons. The minimum Gasteiger partial charge on any atom is -0.497 e. The third-order valence-electron chi connectivity index (χ3n) is 2.40. The molecule has 0 saturated carbocycles. The Morgan fingerprint density at radius 3 is 2.58 bits per heavy atom. The number of aliphatic imine (C=N–C) groups is 1. The second-order valence-electron chi connectivity index (χ2n) is 3.87. The number of rotatable bonds is 6. The molecule has 1 aromatic carbocycles. The number of ether oxygens (including phenoxy) is 3. The fraction of sp³-hybridized carbons (Fsp3) is 0.429. The maximum absolute atomic E-state index is 11.4. The van der Waals surface area contributed by atoms with Crippen molar-refractivity contribution >= 4 is 17.4 Å². The van der Waals surface area contributed by atoms with Gasteiger partial charge in [-0.05, 0) is 26.0 Å². The van der Waals surface area contributed by atoms with Crippen molar-refractivity contribution in [2.75, 3.05) is 20.8 Å². The van der Waals surface area contributed by atoms with Crippen molar-refractivity contribution < 1.29 is 19.0 Å². The van der Waals surface area contributed by atoms with E-state index in [1.807, 2.05) is 0 Å². The topological polar surface area (TPSA) is 57.1 Å². The Hall–Kier alpha value is -2.04. The van der Waals surface area contributed by atoms with Crippen LogP contribution >= 0.6 is 0 Å². The summed E-state index contributed by atoms with van der Waals surface area (Å²) in [6, 6.07) is 5.32. The summed E-state index contributed by atoms with van der Waals surface area (Å²) in [6.07, 6.45) is 0.161. The van der Waals surface area contributed by atoms with E-state index in [-0.39, 0.29) is 12.4 Å². The van der Waals surface area contributed by atoms with Gasteiger partial charge in [0.05, 0.1) is 27.2 Å². The number of esters is 1. The minimum atomic E-state index is -0.286. The quantitative estimate of drug-likeness (QED) is 0.586. The van der Waals surface area contributed by atoms with E-state index >= 15 is 0 Å². The van der Waals surface area contributed by atoms with Gasteiger partial charge in [-0.1, -0.05) is 0 Å². The molecule has 0 aliphatic heterocycles. The van der Waals surface area contributed by atoms with Crippen LogP contribution < -0.4 is 9.47 Å². The molecule has 0 aliphatic rings. The Morgan fingerprint density at radius 1 is 1.26 bits per heavy atom. The lowest BCUT2D eigenvalue weighted by molar-refractivity contribution is -0.141. The van der Waals surface area contributed by atoms with Crippen LogP contribution in [0, 0.1) is 0 Å². The van der Waals surface area contributed by atoms with E-state index in [1.54, 1.807) is 46.3 Å². The van der Waals surface area contributed by atoms with Gasteiger partial charge in [-0.25, -0.2) is 0 Å². The Morgan fingerprint density at radius 2 is 2.00 bits per heavy atom. The summed E-state index contributed by atoms with van der Waals surface area (Å²) < 4.78 is 15.2. The van der Waals surface area contributed by atoms with Crippen LogP contribution in [0.25, 0.3) is 0 Å². The van der Waals surface area contributed by atoms with Crippen molar-refractivity contribution in [3.8, 4) is 11.5 Å². The fourth-order valence-corrected chi connectivity index (χ4v) is 1.55. The van der Waals surface area contributed by atoms with Crippen molar-refractivity contribution in [3.63, 3.8) is 0 Å². The van der Waals surface area contributed by atoms with Gasteiger partial charge in [0.1, 0.15) is 17.2 Å². The summed E-state index contributed by atoms with van der Waals surface area (Å²) in [4.78, 5) is 15.7. The molecule has 0 unspecified atom stereocenters. The Kier molecular flexibility index (Phi) is 5.85. The van der Waals surface area contributed by atoms with E-state index in [9.17, 15) is 4.79 Å². The number of methoxy groups -OCH3 is 2. The lowest BCUT2D eigenvalue weighted by Gasteiger charge is -2.08. The van der Waals surface area contributed by atoms with Gasteiger partial charge in [0.15, 0.2) is 0 Å². The summed E-state index contributed by atoms with van der Waals surface area (Å²) >= 11 is 0. The molecule has 0 N–H and O–H groups in total. The standard InChI is InChI=1S/C14H19NO4/c1-5-19-14(16)8-10(2)15-12-9-11(17-3)6-7-13(12)18-4/h6-7,9H,5,8H2,1-4H3. The molecule has 0 heterocycles. The highest BCUT2D eigenvalue weighted by Gasteiger charge is 2.07. The van der Waals surface area contributed by atoms with Gasteiger partial charge in [-0.2, -0.15) is 0 Å². The van der Waals surface area contributed by atoms with Gasteiger partial charge in [-0.3, -0.25) is 9.79 Å². The first-order valence-electron chi connectivity index (χ1n) is 6.02. The molecule has 0 fully saturated rings. The van der Waals surface area contributed by atoms with Gasteiger partial charge in [-0.15, -0.1) is 0 Å². The molecule has 1 aromatic rings. The SMILES string of the molecule is CCOC(=O)CC(C)=Nc1cc(OC)ccc1OC. The molecule has 0 aliphatic carbocycles. The third-order valence-corrected chi connectivity index (χ3v) is 2.40. The zero-order valence-electron chi connectivity index (χ0n) is 11.7. The predicted molar refractivity (Wildman–Crippen MR) is 73.6 cm³/mol. The molecule has 1 rings (SSSR count). The molecule has 104 valence electrons. The molecular weight excluding hydrogens is 246 g/mol. The predicted octanol–water partition coefficient (Wildman–Crippen LogP) is 2.75. The molecular formula is C14H19NO4. The molecule has 0 spiro atoms. The van der Waals surface area contributed by atoms with E-state index in [0.29, 0.717) is 29.5 Å². The zero-order chi connectivity index (χ0) is 14.3. The van der Waals surface area contributed by atoms with Crippen LogP contribution in [-0.4, -0.2) is 32.5 Å². The second kappa shape index (κ2) is 7.41. The van der Waals surface area contributed by atoms with Gasteiger partial charge in [0, 0.05) is 11.8 Å². The van der Waals surface area contributed by atoms with Gasteiger partial charge in [0.25, 0.3) is 0 Å². The van der Waals surface area contributed by atoms with Crippen LogP contribution in [0.1, 0.15) is 20.3 Å². The van der Waals surface area contributed by atoms with Crippen molar-refractivity contribution in [1.29, 1.82) is 0 Å². The third kappa shape index (κ3) is 4.62. The molecule has 0 bridgehead atoms. The smallest absolute Gasteiger partial charge is 0.311 e. The highest BCUT2D eigenvalue weighted by Crippen LogP contribution is 2.31. The molecule has 0 saturated heterocycles. The van der Waals surface area contributed by atoms with Crippen LogP contribution in [-0.2, 0) is 9.53 Å². The van der Waals surface area contributed by atoms with Gasteiger partial charge < -0.3 is 14.2 Å². The van der Waals surface area contributed by atoms with Crippen molar-refractivity contribution in [2.24, 2.45) is 4.99 Å². The molecule has 19 heavy (non-hydrogen) atoms. The number of nitrogens with zero attached hydrogens (tertiary/aromatic N) is 1. The van der Waals surface area contributed by atoms with Gasteiger partial charge >= 0.3 is 5.97 Å². The molecule has 5 heteroatoms. The number of carbonyl (C=O) groups excluding carboxylic acids is 1. The second-order valence-corrected chi connectivity index (χ2v) is 3.87. The summed E-state index contributed by atoms with van der Waals surface area (Å²) in [5, 5.41) is 0. The van der Waals surface area contributed by atoms with Crippen molar-refractivity contribution in [2.45, 2.75) is 20.3 Å². The van der Waals surface area contributed by atoms with E-state index in [0.717, 1.165) is 0 Å². The summed E-state index contributed by atoms with van der Waals surface area (Å²) in [7, 11) is 3.16. The first-order valence-corrected chi connectivity index (χ1v) is 6.02. The molecule has 5 nitrogen and oxygen atoms in total. The maximum Gasteiger partial charge on any atom is 0.311 e. The first kappa shape index (κ1) is 15.0. The zero-order valence-corrected chi connectivity index (χ0v) is 11.7. The monoisotopic (exact) mass is 265 g/mol. The van der Waals surface area contributed by atoms with Crippen LogP contribution in [0.2, 0.25) is 0 Å². The lowest BCUT2D eigenvalue weighted by atomic mass is 10.2.